The minimum Gasteiger partial charge on any atom is -0.345 e. The summed E-state index contributed by atoms with van der Waals surface area (Å²) in [6, 6.07) is 6.37. The highest BCUT2D eigenvalue weighted by atomic mass is 79.9. The third kappa shape index (κ3) is 2.14. The van der Waals surface area contributed by atoms with E-state index >= 15 is 0 Å². The van der Waals surface area contributed by atoms with Crippen molar-refractivity contribution in [3.8, 4) is 11.4 Å². The number of halogens is 1. The van der Waals surface area contributed by atoms with Crippen LogP contribution in [0.15, 0.2) is 28.9 Å². The first-order valence-corrected chi connectivity index (χ1v) is 7.50. The maximum Gasteiger partial charge on any atom is 0.162 e. The molecule has 1 aromatic carbocycles. The van der Waals surface area contributed by atoms with Gasteiger partial charge in [0.05, 0.1) is 11.1 Å². The number of benzene rings is 1. The largest absolute Gasteiger partial charge is 0.345 e. The van der Waals surface area contributed by atoms with Crippen LogP contribution < -0.4 is 0 Å². The summed E-state index contributed by atoms with van der Waals surface area (Å²) in [5.74, 6) is 0.793. The molecule has 0 unspecified atom stereocenters. The van der Waals surface area contributed by atoms with Gasteiger partial charge in [0, 0.05) is 16.2 Å². The number of nitrogens with one attached hydrogen (secondary N) is 1. The van der Waals surface area contributed by atoms with Crippen molar-refractivity contribution in [2.45, 2.75) is 27.2 Å². The van der Waals surface area contributed by atoms with Crippen molar-refractivity contribution in [1.29, 1.82) is 0 Å². The van der Waals surface area contributed by atoms with Crippen LogP contribution >= 0.6 is 15.9 Å². The second-order valence-electron chi connectivity index (χ2n) is 5.03. The van der Waals surface area contributed by atoms with Gasteiger partial charge in [-0.2, -0.15) is 0 Å². The van der Waals surface area contributed by atoms with Crippen molar-refractivity contribution < 1.29 is 0 Å². The highest BCUT2D eigenvalue weighted by Gasteiger charge is 2.13. The number of fused-ring (bicyclic) bond motifs is 1. The van der Waals surface area contributed by atoms with Crippen molar-refractivity contribution in [1.82, 2.24) is 15.0 Å². The van der Waals surface area contributed by atoms with Crippen molar-refractivity contribution >= 4 is 27.0 Å². The molecule has 3 aromatic rings. The van der Waals surface area contributed by atoms with Crippen molar-refractivity contribution in [2.75, 3.05) is 0 Å². The van der Waals surface area contributed by atoms with Crippen LogP contribution in [-0.4, -0.2) is 15.0 Å². The predicted octanol–water partition coefficient (Wildman–Crippen LogP) is 4.57. The van der Waals surface area contributed by atoms with Crippen LogP contribution in [0.4, 0.5) is 0 Å². The van der Waals surface area contributed by atoms with E-state index in [1.165, 1.54) is 11.1 Å². The van der Waals surface area contributed by atoms with Gasteiger partial charge in [0.25, 0.3) is 0 Å². The molecule has 102 valence electrons. The lowest BCUT2D eigenvalue weighted by Gasteiger charge is -2.08. The second kappa shape index (κ2) is 5.02. The molecule has 3 rings (SSSR count). The first-order chi connectivity index (χ1) is 9.60. The van der Waals surface area contributed by atoms with Gasteiger partial charge in [0.1, 0.15) is 5.65 Å². The van der Waals surface area contributed by atoms with E-state index in [-0.39, 0.29) is 0 Å². The molecule has 0 bridgehead atoms. The monoisotopic (exact) mass is 329 g/mol. The first kappa shape index (κ1) is 13.3. The maximum absolute atomic E-state index is 4.75. The van der Waals surface area contributed by atoms with Gasteiger partial charge >= 0.3 is 0 Å². The zero-order valence-corrected chi connectivity index (χ0v) is 13.4. The summed E-state index contributed by atoms with van der Waals surface area (Å²) < 4.78 is 1.02. The molecule has 4 heteroatoms. The highest BCUT2D eigenvalue weighted by molar-refractivity contribution is 9.10. The Labute approximate surface area is 126 Å². The number of nitrogens with zero attached hydrogens (tertiary/aromatic N) is 2. The molecular formula is C16H16BrN3. The third-order valence-corrected chi connectivity index (χ3v) is 4.14. The molecule has 0 radical (unpaired) electrons. The predicted molar refractivity (Wildman–Crippen MR) is 85.9 cm³/mol. The lowest BCUT2D eigenvalue weighted by molar-refractivity contribution is 1.03. The molecule has 0 saturated heterocycles. The summed E-state index contributed by atoms with van der Waals surface area (Å²) in [5, 5.41) is 1.08. The Morgan fingerprint density at radius 1 is 1.20 bits per heavy atom. The SMILES string of the molecule is CCc1nc(-c2ccc(C)cc2C)nc2[nH]cc(Br)c12. The van der Waals surface area contributed by atoms with E-state index in [9.17, 15) is 0 Å². The second-order valence-corrected chi connectivity index (χ2v) is 5.88. The van der Waals surface area contributed by atoms with E-state index in [0.29, 0.717) is 0 Å². The number of aromatic amines is 1. The van der Waals surface area contributed by atoms with Crippen molar-refractivity contribution in [2.24, 2.45) is 0 Å². The molecule has 0 aliphatic carbocycles. The molecule has 0 spiro atoms. The molecule has 0 atom stereocenters. The van der Waals surface area contributed by atoms with Gasteiger partial charge in [0.15, 0.2) is 5.82 Å². The number of H-pyrrole nitrogens is 1. The fraction of sp³-hybridized carbons (Fsp3) is 0.250. The zero-order valence-electron chi connectivity index (χ0n) is 11.8. The number of hydrogen-bond acceptors (Lipinski definition) is 2. The molecule has 2 aromatic heterocycles. The third-order valence-electron chi connectivity index (χ3n) is 3.52. The van der Waals surface area contributed by atoms with Crippen molar-refractivity contribution in [3.05, 3.63) is 45.7 Å². The van der Waals surface area contributed by atoms with Gasteiger partial charge in [-0.15, -0.1) is 0 Å². The number of aryl methyl sites for hydroxylation is 3. The van der Waals surface area contributed by atoms with Gasteiger partial charge in [0.2, 0.25) is 0 Å². The van der Waals surface area contributed by atoms with E-state index in [0.717, 1.165) is 39.0 Å². The topological polar surface area (TPSA) is 41.6 Å². The number of aromatic nitrogens is 3. The molecule has 0 aliphatic rings. The van der Waals surface area contributed by atoms with Gasteiger partial charge in [-0.05, 0) is 41.8 Å². The summed E-state index contributed by atoms with van der Waals surface area (Å²) in [6.07, 6.45) is 2.80. The van der Waals surface area contributed by atoms with Crippen LogP contribution in [0.1, 0.15) is 23.7 Å². The fourth-order valence-electron chi connectivity index (χ4n) is 2.51. The standard InChI is InChI=1S/C16H16BrN3/c1-4-13-14-12(17)8-18-16(14)20-15(19-13)11-6-5-9(2)7-10(11)3/h5-8H,4H2,1-3H3,(H,18,19,20). The van der Waals surface area contributed by atoms with Crippen LogP contribution in [0.5, 0.6) is 0 Å². The molecule has 0 saturated carbocycles. The fourth-order valence-corrected chi connectivity index (χ4v) is 3.04. The maximum atomic E-state index is 4.75. The summed E-state index contributed by atoms with van der Waals surface area (Å²) in [4.78, 5) is 12.6. The molecule has 2 heterocycles. The molecule has 0 fully saturated rings. The van der Waals surface area contributed by atoms with Crippen LogP contribution in [0, 0.1) is 13.8 Å². The van der Waals surface area contributed by atoms with Gasteiger partial charge in [-0.25, -0.2) is 9.97 Å². The Morgan fingerprint density at radius 2 is 2.00 bits per heavy atom. The Morgan fingerprint density at radius 3 is 2.70 bits per heavy atom. The summed E-state index contributed by atoms with van der Waals surface area (Å²) in [6.45, 7) is 6.32. The van der Waals surface area contributed by atoms with E-state index in [1.54, 1.807) is 0 Å². The quantitative estimate of drug-likeness (QED) is 0.748. The van der Waals surface area contributed by atoms with E-state index in [4.69, 9.17) is 4.98 Å². The van der Waals surface area contributed by atoms with Crippen LogP contribution in [-0.2, 0) is 6.42 Å². The molecule has 0 amide bonds. The van der Waals surface area contributed by atoms with Crippen LogP contribution in [0.2, 0.25) is 0 Å². The molecule has 1 N–H and O–H groups in total. The Balaban J connectivity index is 2.26. The average molecular weight is 330 g/mol. The van der Waals surface area contributed by atoms with Crippen molar-refractivity contribution in [3.63, 3.8) is 0 Å². The van der Waals surface area contributed by atoms with E-state index in [2.05, 4.69) is 64.9 Å². The zero-order chi connectivity index (χ0) is 14.3. The molecule has 20 heavy (non-hydrogen) atoms. The normalized spacial score (nSPS) is 11.2. The lowest BCUT2D eigenvalue weighted by atomic mass is 10.0. The van der Waals surface area contributed by atoms with E-state index in [1.807, 2.05) is 6.20 Å². The van der Waals surface area contributed by atoms with Crippen LogP contribution in [0.25, 0.3) is 22.4 Å². The Kier molecular flexibility index (Phi) is 3.34. The highest BCUT2D eigenvalue weighted by Crippen LogP contribution is 2.29. The minimum atomic E-state index is 0.793. The van der Waals surface area contributed by atoms with E-state index < -0.39 is 0 Å². The number of rotatable bonds is 2. The smallest absolute Gasteiger partial charge is 0.162 e. The van der Waals surface area contributed by atoms with Crippen LogP contribution in [0.3, 0.4) is 0 Å². The summed E-state index contributed by atoms with van der Waals surface area (Å²) in [7, 11) is 0. The summed E-state index contributed by atoms with van der Waals surface area (Å²) in [5.41, 5.74) is 5.51. The minimum absolute atomic E-state index is 0.793. The Bertz CT molecular complexity index is 790. The molecular weight excluding hydrogens is 314 g/mol. The number of hydrogen-bond donors (Lipinski definition) is 1. The lowest BCUT2D eigenvalue weighted by Crippen LogP contribution is -1.98. The first-order valence-electron chi connectivity index (χ1n) is 6.71. The van der Waals surface area contributed by atoms with Gasteiger partial charge in [-0.3, -0.25) is 0 Å². The van der Waals surface area contributed by atoms with Gasteiger partial charge in [-0.1, -0.05) is 30.7 Å². The summed E-state index contributed by atoms with van der Waals surface area (Å²) >= 11 is 3.55. The van der Waals surface area contributed by atoms with Gasteiger partial charge < -0.3 is 4.98 Å². The molecule has 3 nitrogen and oxygen atoms in total. The Hall–Kier alpha value is -1.68. The average Bonchev–Trinajstić information content (AvgIpc) is 2.79. The molecule has 0 aliphatic heterocycles.